The van der Waals surface area contributed by atoms with Crippen molar-refractivity contribution in [1.82, 2.24) is 10.3 Å². The highest BCUT2D eigenvalue weighted by atomic mass is 19.1. The highest BCUT2D eigenvalue weighted by Gasteiger charge is 2.23. The van der Waals surface area contributed by atoms with Crippen molar-refractivity contribution >= 4 is 22.5 Å². The fourth-order valence-electron chi connectivity index (χ4n) is 4.04. The van der Waals surface area contributed by atoms with E-state index in [4.69, 9.17) is 19.6 Å². The third-order valence-corrected chi connectivity index (χ3v) is 5.91. The third-order valence-electron chi connectivity index (χ3n) is 5.91. The van der Waals surface area contributed by atoms with Gasteiger partial charge in [0.05, 0.1) is 26.0 Å². The Morgan fingerprint density at radius 3 is 2.62 bits per heavy atom. The molecule has 1 amide bonds. The Morgan fingerprint density at radius 1 is 1.11 bits per heavy atom. The van der Waals surface area contributed by atoms with Crippen molar-refractivity contribution in [3.63, 3.8) is 0 Å². The molecule has 0 unspecified atom stereocenters. The number of fused-ring (bicyclic) bond motifs is 1. The number of oxazole rings is 1. The SMILES string of the molecule is COc1cc2c(OC)cccc2cc1C(=O)N[C@@H](CCCN=C(N)CF)c1ncc(-c2ccccc2)o1. The van der Waals surface area contributed by atoms with Crippen molar-refractivity contribution in [2.45, 2.75) is 18.9 Å². The molecule has 0 bridgehead atoms. The quantitative estimate of drug-likeness (QED) is 0.167. The lowest BCUT2D eigenvalue weighted by atomic mass is 10.0. The molecular weight excluding hydrogens is 475 g/mol. The molecule has 4 rings (SSSR count). The molecule has 0 aliphatic rings. The van der Waals surface area contributed by atoms with Crippen molar-refractivity contribution in [2.24, 2.45) is 10.7 Å². The standard InChI is InChI=1S/C28H29FN4O4/c1-35-23-12-6-10-19-14-21(24(36-2)15-20(19)23)27(34)33-22(11-7-13-31-26(30)16-29)28-32-17-25(37-28)18-8-4-3-5-9-18/h3-6,8-10,12,14-15,17,22H,7,11,13,16H2,1-2H3,(H2,30,31)(H,33,34)/t22-/m0/s1. The number of methoxy groups -OCH3 is 2. The zero-order chi connectivity index (χ0) is 26.2. The number of hydrogen-bond acceptors (Lipinski definition) is 6. The summed E-state index contributed by atoms with van der Waals surface area (Å²) in [7, 11) is 3.11. The van der Waals surface area contributed by atoms with E-state index in [-0.39, 0.29) is 11.7 Å². The number of hydrogen-bond donors (Lipinski definition) is 2. The number of nitrogens with one attached hydrogen (secondary N) is 1. The molecular formula is C28H29FN4O4. The first-order chi connectivity index (χ1) is 18.0. The van der Waals surface area contributed by atoms with Gasteiger partial charge in [-0.3, -0.25) is 9.79 Å². The molecule has 0 spiro atoms. The van der Waals surface area contributed by atoms with E-state index in [1.807, 2.05) is 48.5 Å². The third kappa shape index (κ3) is 6.06. The maximum Gasteiger partial charge on any atom is 0.255 e. The predicted molar refractivity (Wildman–Crippen MR) is 141 cm³/mol. The molecule has 9 heteroatoms. The first-order valence-corrected chi connectivity index (χ1v) is 11.9. The maximum absolute atomic E-state index is 13.5. The van der Waals surface area contributed by atoms with Gasteiger partial charge in [0.2, 0.25) is 5.89 Å². The van der Waals surface area contributed by atoms with E-state index in [1.54, 1.807) is 25.4 Å². The van der Waals surface area contributed by atoms with Crippen LogP contribution in [0, 0.1) is 0 Å². The van der Waals surface area contributed by atoms with Crippen LogP contribution in [0.15, 0.2) is 76.3 Å². The van der Waals surface area contributed by atoms with E-state index in [0.29, 0.717) is 48.1 Å². The summed E-state index contributed by atoms with van der Waals surface area (Å²) in [6.07, 6.45) is 2.61. The Hall–Kier alpha value is -4.40. The van der Waals surface area contributed by atoms with Crippen LogP contribution in [0.5, 0.6) is 11.5 Å². The smallest absolute Gasteiger partial charge is 0.255 e. The average Bonchev–Trinajstić information content (AvgIpc) is 3.44. The van der Waals surface area contributed by atoms with Crippen molar-refractivity contribution in [3.8, 4) is 22.8 Å². The van der Waals surface area contributed by atoms with Crippen LogP contribution >= 0.6 is 0 Å². The summed E-state index contributed by atoms with van der Waals surface area (Å²) in [6, 6.07) is 18.2. The number of aromatic nitrogens is 1. The zero-order valence-corrected chi connectivity index (χ0v) is 20.7. The van der Waals surface area contributed by atoms with Gasteiger partial charge < -0.3 is 24.9 Å². The Morgan fingerprint density at radius 2 is 1.89 bits per heavy atom. The number of aliphatic imine (C=N–C) groups is 1. The molecule has 3 aromatic carbocycles. The normalized spacial score (nSPS) is 12.4. The number of carbonyl (C=O) groups excluding carboxylic acids is 1. The Labute approximate surface area is 214 Å². The van der Waals surface area contributed by atoms with Crippen LogP contribution in [0.1, 0.15) is 35.1 Å². The topological polar surface area (TPSA) is 112 Å². The van der Waals surface area contributed by atoms with E-state index in [1.165, 1.54) is 7.11 Å². The van der Waals surface area contributed by atoms with Crippen LogP contribution < -0.4 is 20.5 Å². The number of amidine groups is 1. The van der Waals surface area contributed by atoms with E-state index in [2.05, 4.69) is 15.3 Å². The number of alkyl halides is 1. The molecule has 0 aliphatic heterocycles. The Balaban J connectivity index is 1.62. The van der Waals surface area contributed by atoms with Crippen LogP contribution in [0.4, 0.5) is 4.39 Å². The number of nitrogens with zero attached hydrogens (tertiary/aromatic N) is 2. The molecule has 4 aromatic rings. The van der Waals surface area contributed by atoms with E-state index in [0.717, 1.165) is 16.3 Å². The molecule has 0 saturated heterocycles. The minimum absolute atomic E-state index is 0.0561. The van der Waals surface area contributed by atoms with Crippen LogP contribution in [-0.4, -0.2) is 44.2 Å². The van der Waals surface area contributed by atoms with Gasteiger partial charge in [-0.1, -0.05) is 42.5 Å². The maximum atomic E-state index is 13.5. The summed E-state index contributed by atoms with van der Waals surface area (Å²) in [5.74, 6) is 1.63. The van der Waals surface area contributed by atoms with Gasteiger partial charge in [-0.15, -0.1) is 0 Å². The molecule has 0 radical (unpaired) electrons. The van der Waals surface area contributed by atoms with Crippen LogP contribution in [0.25, 0.3) is 22.1 Å². The summed E-state index contributed by atoms with van der Waals surface area (Å²) in [5, 5.41) is 4.69. The lowest BCUT2D eigenvalue weighted by Crippen LogP contribution is -2.29. The molecule has 1 heterocycles. The first kappa shape index (κ1) is 25.7. The lowest BCUT2D eigenvalue weighted by molar-refractivity contribution is 0.0924. The van der Waals surface area contributed by atoms with Gasteiger partial charge in [-0.2, -0.15) is 0 Å². The van der Waals surface area contributed by atoms with Gasteiger partial charge in [-0.25, -0.2) is 9.37 Å². The number of carbonyl (C=O) groups is 1. The predicted octanol–water partition coefficient (Wildman–Crippen LogP) is 5.09. The number of nitrogens with two attached hydrogens (primary N) is 1. The number of benzene rings is 3. The zero-order valence-electron chi connectivity index (χ0n) is 20.7. The van der Waals surface area contributed by atoms with E-state index >= 15 is 0 Å². The number of halogens is 1. The fraction of sp³-hybridized carbons (Fsp3) is 0.250. The Bertz CT molecular complexity index is 1390. The molecule has 1 aromatic heterocycles. The molecule has 192 valence electrons. The molecule has 37 heavy (non-hydrogen) atoms. The highest BCUT2D eigenvalue weighted by Crippen LogP contribution is 2.33. The van der Waals surface area contributed by atoms with E-state index in [9.17, 15) is 9.18 Å². The highest BCUT2D eigenvalue weighted by molar-refractivity contribution is 6.03. The van der Waals surface area contributed by atoms with Crippen molar-refractivity contribution in [1.29, 1.82) is 0 Å². The molecule has 0 fully saturated rings. The van der Waals surface area contributed by atoms with Crippen molar-refractivity contribution in [2.75, 3.05) is 27.4 Å². The Kier molecular flexibility index (Phi) is 8.35. The van der Waals surface area contributed by atoms with Crippen molar-refractivity contribution in [3.05, 3.63) is 78.3 Å². The van der Waals surface area contributed by atoms with E-state index < -0.39 is 12.7 Å². The van der Waals surface area contributed by atoms with Gasteiger partial charge in [0, 0.05) is 17.5 Å². The summed E-state index contributed by atoms with van der Waals surface area (Å²) >= 11 is 0. The first-order valence-electron chi connectivity index (χ1n) is 11.9. The second kappa shape index (κ2) is 12.0. The largest absolute Gasteiger partial charge is 0.496 e. The van der Waals surface area contributed by atoms with Crippen LogP contribution in [-0.2, 0) is 0 Å². The van der Waals surface area contributed by atoms with Crippen LogP contribution in [0.2, 0.25) is 0 Å². The van der Waals surface area contributed by atoms with Gasteiger partial charge in [0.25, 0.3) is 5.91 Å². The average molecular weight is 505 g/mol. The molecule has 0 aliphatic carbocycles. The van der Waals surface area contributed by atoms with Gasteiger partial charge in [-0.05, 0) is 36.4 Å². The summed E-state index contributed by atoms with van der Waals surface area (Å²) in [6.45, 7) is -0.486. The summed E-state index contributed by atoms with van der Waals surface area (Å²) in [4.78, 5) is 21.9. The molecule has 0 saturated carbocycles. The number of amides is 1. The number of ether oxygens (including phenoxy) is 2. The van der Waals surface area contributed by atoms with Crippen molar-refractivity contribution < 1.29 is 23.1 Å². The molecule has 1 atom stereocenters. The monoisotopic (exact) mass is 504 g/mol. The summed E-state index contributed by atoms with van der Waals surface area (Å²) in [5.41, 5.74) is 6.71. The molecule has 3 N–H and O–H groups in total. The second-order valence-corrected chi connectivity index (χ2v) is 8.34. The van der Waals surface area contributed by atoms with Gasteiger partial charge >= 0.3 is 0 Å². The summed E-state index contributed by atoms with van der Waals surface area (Å²) < 4.78 is 29.7. The van der Waals surface area contributed by atoms with Gasteiger partial charge in [0.1, 0.15) is 30.1 Å². The molecule has 8 nitrogen and oxygen atoms in total. The lowest BCUT2D eigenvalue weighted by Gasteiger charge is -2.17. The number of rotatable bonds is 11. The fourth-order valence-corrected chi connectivity index (χ4v) is 4.04. The van der Waals surface area contributed by atoms with Crippen LogP contribution in [0.3, 0.4) is 0 Å². The minimum atomic E-state index is -0.799. The van der Waals surface area contributed by atoms with Gasteiger partial charge in [0.15, 0.2) is 5.76 Å². The second-order valence-electron chi connectivity index (χ2n) is 8.34. The minimum Gasteiger partial charge on any atom is -0.496 e.